The summed E-state index contributed by atoms with van der Waals surface area (Å²) in [6, 6.07) is 73.5. The van der Waals surface area contributed by atoms with Crippen molar-refractivity contribution in [3.63, 3.8) is 0 Å². The summed E-state index contributed by atoms with van der Waals surface area (Å²) in [5, 5.41) is 9.57. The summed E-state index contributed by atoms with van der Waals surface area (Å²) < 4.78 is 9.92. The number of rotatable bonds is 5. The van der Waals surface area contributed by atoms with Gasteiger partial charge in [-0.05, 0) is 97.6 Å². The molecule has 1 aliphatic rings. The second kappa shape index (κ2) is 13.3. The second-order valence-corrected chi connectivity index (χ2v) is 18.2. The van der Waals surface area contributed by atoms with Gasteiger partial charge in [-0.3, -0.25) is 0 Å². The molecule has 3 heteroatoms. The minimum Gasteiger partial charge on any atom is -0.455 e. The Morgan fingerprint density at radius 3 is 1.82 bits per heavy atom. The Morgan fingerprint density at radius 2 is 1.00 bits per heavy atom. The summed E-state index contributed by atoms with van der Waals surface area (Å²) in [5.74, 6) is 0. The van der Waals surface area contributed by atoms with E-state index in [1.807, 2.05) is 11.3 Å². The first-order valence-corrected chi connectivity index (χ1v) is 22.2. The van der Waals surface area contributed by atoms with Gasteiger partial charge >= 0.3 is 0 Å². The topological polar surface area (TPSA) is 16.4 Å². The molecular weight excluding hydrogens is 771 g/mol. The molecular formula is C59H39NOS. The number of hydrogen-bond acceptors (Lipinski definition) is 3. The van der Waals surface area contributed by atoms with Gasteiger partial charge in [0.2, 0.25) is 0 Å². The van der Waals surface area contributed by atoms with Crippen LogP contribution in [0.3, 0.4) is 0 Å². The third-order valence-corrected chi connectivity index (χ3v) is 14.7. The van der Waals surface area contributed by atoms with Gasteiger partial charge in [-0.1, -0.05) is 172 Å². The van der Waals surface area contributed by atoms with Crippen LogP contribution in [-0.2, 0) is 5.41 Å². The van der Waals surface area contributed by atoms with Crippen molar-refractivity contribution in [2.24, 2.45) is 0 Å². The van der Waals surface area contributed by atoms with E-state index in [0.29, 0.717) is 0 Å². The van der Waals surface area contributed by atoms with Crippen LogP contribution in [0.25, 0.3) is 97.0 Å². The van der Waals surface area contributed by atoms with E-state index in [4.69, 9.17) is 4.42 Å². The highest BCUT2D eigenvalue weighted by atomic mass is 32.1. The maximum atomic E-state index is 7.29. The van der Waals surface area contributed by atoms with Gasteiger partial charge in [0, 0.05) is 53.3 Å². The summed E-state index contributed by atoms with van der Waals surface area (Å²) in [6.07, 6.45) is 0. The zero-order chi connectivity index (χ0) is 41.1. The van der Waals surface area contributed by atoms with Gasteiger partial charge in [0.05, 0.1) is 11.1 Å². The molecule has 0 radical (unpaired) electrons. The fourth-order valence-electron chi connectivity index (χ4n) is 10.5. The Hall–Kier alpha value is -7.46. The number of nitrogens with zero attached hydrogens (tertiary/aromatic N) is 1. The average Bonchev–Trinajstić information content (AvgIpc) is 3.99. The number of fused-ring (bicyclic) bond motifs is 14. The zero-order valence-corrected chi connectivity index (χ0v) is 35.1. The fraction of sp³-hybridized carbons (Fsp3) is 0.0508. The molecule has 62 heavy (non-hydrogen) atoms. The lowest BCUT2D eigenvalue weighted by Gasteiger charge is -2.29. The molecule has 2 aromatic heterocycles. The number of benzene rings is 10. The Bertz CT molecular complexity index is 3780. The second-order valence-electron chi connectivity index (χ2n) is 17.2. The SMILES string of the molecule is CC1(C)c2ccccc2-c2ccc(N(c3ccc(-c4cccc5c4sc4ccccc45)cc3)c3ccc(-c4ccccc4)c4oc5c6ccccc6c6ccccc6c5c34)cc21. The highest BCUT2D eigenvalue weighted by Crippen LogP contribution is 2.53. The summed E-state index contributed by atoms with van der Waals surface area (Å²) in [4.78, 5) is 2.47. The normalized spacial score (nSPS) is 13.1. The van der Waals surface area contributed by atoms with Crippen molar-refractivity contribution in [2.75, 3.05) is 4.90 Å². The van der Waals surface area contributed by atoms with Crippen molar-refractivity contribution < 1.29 is 4.42 Å². The van der Waals surface area contributed by atoms with E-state index in [9.17, 15) is 0 Å². The minimum atomic E-state index is -0.162. The van der Waals surface area contributed by atoms with Crippen molar-refractivity contribution in [2.45, 2.75) is 19.3 Å². The van der Waals surface area contributed by atoms with E-state index in [1.165, 1.54) is 69.7 Å². The number of thiophene rings is 1. The number of hydrogen-bond donors (Lipinski definition) is 0. The summed E-state index contributed by atoms with van der Waals surface area (Å²) in [7, 11) is 0. The predicted octanol–water partition coefficient (Wildman–Crippen LogP) is 17.4. The highest BCUT2D eigenvalue weighted by Gasteiger charge is 2.36. The van der Waals surface area contributed by atoms with Crippen molar-refractivity contribution in [3.05, 3.63) is 211 Å². The smallest absolute Gasteiger partial charge is 0.145 e. The van der Waals surface area contributed by atoms with Crippen LogP contribution in [0.1, 0.15) is 25.0 Å². The van der Waals surface area contributed by atoms with Gasteiger partial charge in [0.1, 0.15) is 11.2 Å². The molecule has 0 spiro atoms. The lowest BCUT2D eigenvalue weighted by atomic mass is 9.82. The van der Waals surface area contributed by atoms with E-state index < -0.39 is 0 Å². The first kappa shape index (κ1) is 35.3. The Balaban J connectivity index is 1.10. The van der Waals surface area contributed by atoms with Gasteiger partial charge in [-0.15, -0.1) is 11.3 Å². The summed E-state index contributed by atoms with van der Waals surface area (Å²) in [5.41, 5.74) is 14.9. The molecule has 0 bridgehead atoms. The van der Waals surface area contributed by atoms with Crippen LogP contribution in [-0.4, -0.2) is 0 Å². The van der Waals surface area contributed by atoms with Crippen LogP contribution in [0, 0.1) is 0 Å². The molecule has 0 aliphatic heterocycles. The molecule has 0 atom stereocenters. The minimum absolute atomic E-state index is 0.162. The molecule has 0 unspecified atom stereocenters. The van der Waals surface area contributed by atoms with Crippen molar-refractivity contribution >= 4 is 92.1 Å². The monoisotopic (exact) mass is 809 g/mol. The summed E-state index contributed by atoms with van der Waals surface area (Å²) in [6.45, 7) is 4.73. The van der Waals surface area contributed by atoms with Crippen LogP contribution in [0.15, 0.2) is 205 Å². The molecule has 13 rings (SSSR count). The van der Waals surface area contributed by atoms with Crippen molar-refractivity contribution in [3.8, 4) is 33.4 Å². The van der Waals surface area contributed by atoms with E-state index >= 15 is 0 Å². The molecule has 292 valence electrons. The van der Waals surface area contributed by atoms with Crippen LogP contribution < -0.4 is 4.90 Å². The first-order valence-electron chi connectivity index (χ1n) is 21.4. The Labute approximate surface area is 363 Å². The van der Waals surface area contributed by atoms with Crippen LogP contribution in [0.2, 0.25) is 0 Å². The largest absolute Gasteiger partial charge is 0.455 e. The van der Waals surface area contributed by atoms with E-state index in [1.54, 1.807) is 0 Å². The van der Waals surface area contributed by atoms with E-state index in [2.05, 4.69) is 219 Å². The molecule has 0 fully saturated rings. The average molecular weight is 810 g/mol. The van der Waals surface area contributed by atoms with E-state index in [-0.39, 0.29) is 5.41 Å². The third kappa shape index (κ3) is 5.03. The number of anilines is 3. The molecule has 2 nitrogen and oxygen atoms in total. The number of furan rings is 1. The predicted molar refractivity (Wildman–Crippen MR) is 265 cm³/mol. The highest BCUT2D eigenvalue weighted by molar-refractivity contribution is 7.26. The molecule has 0 N–H and O–H groups in total. The van der Waals surface area contributed by atoms with Gasteiger partial charge in [0.15, 0.2) is 0 Å². The quantitative estimate of drug-likeness (QED) is 0.161. The molecule has 0 amide bonds. The zero-order valence-electron chi connectivity index (χ0n) is 34.3. The van der Waals surface area contributed by atoms with Gasteiger partial charge in [-0.2, -0.15) is 0 Å². The van der Waals surface area contributed by atoms with Crippen molar-refractivity contribution in [1.29, 1.82) is 0 Å². The van der Waals surface area contributed by atoms with E-state index in [0.717, 1.165) is 55.5 Å². The Kier molecular flexibility index (Phi) is 7.56. The molecule has 0 saturated carbocycles. The molecule has 1 aliphatic carbocycles. The third-order valence-electron chi connectivity index (χ3n) is 13.5. The Morgan fingerprint density at radius 1 is 0.403 bits per heavy atom. The molecule has 0 saturated heterocycles. The van der Waals surface area contributed by atoms with Crippen LogP contribution in [0.5, 0.6) is 0 Å². The van der Waals surface area contributed by atoms with Crippen LogP contribution in [0.4, 0.5) is 17.1 Å². The van der Waals surface area contributed by atoms with Crippen LogP contribution >= 0.6 is 11.3 Å². The maximum absolute atomic E-state index is 7.29. The molecule has 12 aromatic rings. The lowest BCUT2D eigenvalue weighted by Crippen LogP contribution is -2.16. The summed E-state index contributed by atoms with van der Waals surface area (Å²) >= 11 is 1.88. The molecule has 10 aromatic carbocycles. The van der Waals surface area contributed by atoms with Gasteiger partial charge in [0.25, 0.3) is 0 Å². The fourth-order valence-corrected chi connectivity index (χ4v) is 11.8. The lowest BCUT2D eigenvalue weighted by molar-refractivity contribution is 0.660. The molecule has 2 heterocycles. The van der Waals surface area contributed by atoms with Gasteiger partial charge in [-0.25, -0.2) is 0 Å². The standard InChI is InChI=1S/C59H39NOS/c1-59(2)50-25-12-10-19-44(50)45-32-31-39(35-51(45)59)60(38-29-27-37(28-30-38)41-23-14-24-49-46-20-11-13-26-53(46)62-58(41)49)52-34-33-40(36-15-4-3-5-16-36)56-55(52)54-47-21-8-6-17-42(47)43-18-7-9-22-48(43)57(54)61-56/h3-35H,1-2H3. The van der Waals surface area contributed by atoms with Crippen molar-refractivity contribution in [1.82, 2.24) is 0 Å². The maximum Gasteiger partial charge on any atom is 0.145 e. The first-order chi connectivity index (χ1) is 30.5. The van der Waals surface area contributed by atoms with Gasteiger partial charge < -0.3 is 9.32 Å².